The Morgan fingerprint density at radius 1 is 1.53 bits per heavy atom. The van der Waals surface area contributed by atoms with E-state index in [9.17, 15) is 14.2 Å². The predicted octanol–water partition coefficient (Wildman–Crippen LogP) is 0.114. The van der Waals surface area contributed by atoms with Crippen LogP contribution in [0.4, 0.5) is 0 Å². The van der Waals surface area contributed by atoms with Gasteiger partial charge in [-0.2, -0.15) is 0 Å². The van der Waals surface area contributed by atoms with Crippen LogP contribution in [0, 0.1) is 0 Å². The average molecular weight is 282 g/mol. The van der Waals surface area contributed by atoms with E-state index in [0.29, 0.717) is 0 Å². The van der Waals surface area contributed by atoms with E-state index in [4.69, 9.17) is 14.7 Å². The van der Waals surface area contributed by atoms with E-state index in [1.807, 2.05) is 0 Å². The van der Waals surface area contributed by atoms with Crippen LogP contribution in [-0.4, -0.2) is 30.3 Å². The minimum atomic E-state index is -5.15. The molecule has 0 aromatic carbocycles. The minimum Gasteiger partial charge on any atom is -0.352 e. The SMILES string of the molecule is O=[P+](O)OC(O)(Cc1cccnc1)P(=O)(O)O. The zero-order valence-corrected chi connectivity index (χ0v) is 10.2. The van der Waals surface area contributed by atoms with Gasteiger partial charge >= 0.3 is 21.4 Å². The lowest BCUT2D eigenvalue weighted by atomic mass is 10.2. The first-order valence-corrected chi connectivity index (χ1v) is 7.01. The van der Waals surface area contributed by atoms with Crippen LogP contribution in [-0.2, 0) is 20.1 Å². The van der Waals surface area contributed by atoms with Crippen LogP contribution >= 0.6 is 15.9 Å². The minimum absolute atomic E-state index is 0.246. The number of pyridine rings is 1. The highest BCUT2D eigenvalue weighted by atomic mass is 31.2. The summed E-state index contributed by atoms with van der Waals surface area (Å²) in [4.78, 5) is 30.0. The lowest BCUT2D eigenvalue weighted by Gasteiger charge is -2.21. The quantitative estimate of drug-likeness (QED) is 0.441. The molecule has 0 aliphatic carbocycles. The van der Waals surface area contributed by atoms with Crippen LogP contribution in [0.15, 0.2) is 24.5 Å². The Morgan fingerprint density at radius 2 is 2.18 bits per heavy atom. The summed E-state index contributed by atoms with van der Waals surface area (Å²) in [6.45, 7) is 0. The van der Waals surface area contributed by atoms with Crippen LogP contribution in [0.25, 0.3) is 0 Å². The first kappa shape index (κ1) is 14.3. The fraction of sp³-hybridized carbons (Fsp3) is 0.286. The molecule has 1 aromatic heterocycles. The van der Waals surface area contributed by atoms with Gasteiger partial charge in [0.25, 0.3) is 0 Å². The predicted molar refractivity (Wildman–Crippen MR) is 55.8 cm³/mol. The smallest absolute Gasteiger partial charge is 0.352 e. The molecule has 0 saturated heterocycles. The first-order valence-electron chi connectivity index (χ1n) is 4.27. The summed E-state index contributed by atoms with van der Waals surface area (Å²) in [5.41, 5.74) is -2.80. The third kappa shape index (κ3) is 3.90. The molecule has 2 atom stereocenters. The van der Waals surface area contributed by atoms with E-state index < -0.39 is 27.8 Å². The zero-order chi connectivity index (χ0) is 13.1. The molecular formula is C7H10NO7P2+. The molecule has 0 spiro atoms. The summed E-state index contributed by atoms with van der Waals surface area (Å²) in [5.74, 6) is 0. The van der Waals surface area contributed by atoms with E-state index in [2.05, 4.69) is 9.51 Å². The fourth-order valence-electron chi connectivity index (χ4n) is 1.08. The highest BCUT2D eigenvalue weighted by Gasteiger charge is 2.54. The Labute approximate surface area is 97.0 Å². The molecule has 4 N–H and O–H groups in total. The summed E-state index contributed by atoms with van der Waals surface area (Å²) in [6, 6.07) is 2.91. The van der Waals surface area contributed by atoms with Crippen molar-refractivity contribution in [1.29, 1.82) is 0 Å². The van der Waals surface area contributed by atoms with Crippen molar-refractivity contribution in [3.63, 3.8) is 0 Å². The van der Waals surface area contributed by atoms with Crippen molar-refractivity contribution in [3.05, 3.63) is 30.1 Å². The van der Waals surface area contributed by atoms with Gasteiger partial charge in [0.2, 0.25) is 0 Å². The van der Waals surface area contributed by atoms with Crippen molar-refractivity contribution >= 4 is 15.9 Å². The van der Waals surface area contributed by atoms with Gasteiger partial charge in [0.1, 0.15) is 0 Å². The van der Waals surface area contributed by atoms with E-state index in [0.717, 1.165) is 0 Å². The highest BCUT2D eigenvalue weighted by molar-refractivity contribution is 7.53. The number of aromatic nitrogens is 1. The Hall–Kier alpha value is -0.720. The number of rotatable bonds is 5. The molecule has 0 amide bonds. The Kier molecular flexibility index (Phi) is 4.46. The number of hydrogen-bond donors (Lipinski definition) is 4. The van der Waals surface area contributed by atoms with E-state index >= 15 is 0 Å². The molecule has 0 radical (unpaired) electrons. The molecule has 2 unspecified atom stereocenters. The summed E-state index contributed by atoms with van der Waals surface area (Å²) in [6.07, 6.45) is 2.01. The normalized spacial score (nSPS) is 16.4. The second-order valence-corrected chi connectivity index (χ2v) is 5.60. The first-order chi connectivity index (χ1) is 7.74. The maximum absolute atomic E-state index is 11.1. The van der Waals surface area contributed by atoms with E-state index in [1.54, 1.807) is 0 Å². The van der Waals surface area contributed by atoms with Gasteiger partial charge in [-0.1, -0.05) is 10.6 Å². The molecule has 8 nitrogen and oxygen atoms in total. The largest absolute Gasteiger partial charge is 0.698 e. The van der Waals surface area contributed by atoms with Crippen LogP contribution in [0.5, 0.6) is 0 Å². The topological polar surface area (TPSA) is 137 Å². The third-order valence-corrected chi connectivity index (χ3v) is 3.60. The van der Waals surface area contributed by atoms with Gasteiger partial charge in [0.05, 0.1) is 0 Å². The van der Waals surface area contributed by atoms with Crippen LogP contribution in [0.1, 0.15) is 5.56 Å². The van der Waals surface area contributed by atoms with Gasteiger partial charge in [-0.05, 0) is 11.6 Å². The lowest BCUT2D eigenvalue weighted by molar-refractivity contribution is -0.0809. The van der Waals surface area contributed by atoms with Gasteiger partial charge in [0, 0.05) is 23.4 Å². The summed E-state index contributed by atoms with van der Waals surface area (Å²) in [7, 11) is -8.51. The summed E-state index contributed by atoms with van der Waals surface area (Å²) < 4.78 is 25.5. The van der Waals surface area contributed by atoms with Gasteiger partial charge in [-0.3, -0.25) is 9.55 Å². The van der Waals surface area contributed by atoms with E-state index in [-0.39, 0.29) is 5.56 Å². The van der Waals surface area contributed by atoms with Gasteiger partial charge < -0.3 is 14.9 Å². The molecule has 0 aliphatic rings. The molecular weight excluding hydrogens is 272 g/mol. The molecule has 1 rings (SSSR count). The van der Waals surface area contributed by atoms with Gasteiger partial charge in [-0.15, -0.1) is 4.89 Å². The van der Waals surface area contributed by atoms with Crippen molar-refractivity contribution in [2.45, 2.75) is 11.9 Å². The molecule has 0 fully saturated rings. The maximum atomic E-state index is 11.1. The molecule has 94 valence electrons. The average Bonchev–Trinajstić information content (AvgIpc) is 2.15. The van der Waals surface area contributed by atoms with Crippen molar-refractivity contribution in [2.24, 2.45) is 0 Å². The van der Waals surface area contributed by atoms with Crippen molar-refractivity contribution in [1.82, 2.24) is 4.98 Å². The molecule has 1 heterocycles. The summed E-state index contributed by atoms with van der Waals surface area (Å²) in [5, 5.41) is 9.61. The number of aliphatic hydroxyl groups is 1. The van der Waals surface area contributed by atoms with Crippen molar-refractivity contribution in [3.8, 4) is 0 Å². The van der Waals surface area contributed by atoms with E-state index in [1.165, 1.54) is 24.5 Å². The molecule has 0 saturated carbocycles. The number of nitrogens with zero attached hydrogens (tertiary/aromatic N) is 1. The highest BCUT2D eigenvalue weighted by Crippen LogP contribution is 2.54. The van der Waals surface area contributed by atoms with Crippen LogP contribution < -0.4 is 0 Å². The lowest BCUT2D eigenvalue weighted by Crippen LogP contribution is -2.32. The Balaban J connectivity index is 3.01. The second kappa shape index (κ2) is 5.29. The van der Waals surface area contributed by atoms with Crippen LogP contribution in [0.3, 0.4) is 0 Å². The van der Waals surface area contributed by atoms with Gasteiger partial charge in [0.15, 0.2) is 0 Å². The monoisotopic (exact) mass is 282 g/mol. The molecule has 0 bridgehead atoms. The molecule has 17 heavy (non-hydrogen) atoms. The molecule has 10 heteroatoms. The van der Waals surface area contributed by atoms with Crippen molar-refractivity contribution in [2.75, 3.05) is 0 Å². The van der Waals surface area contributed by atoms with Crippen molar-refractivity contribution < 1.29 is 33.4 Å². The number of hydrogen-bond acceptors (Lipinski definition) is 5. The summed E-state index contributed by atoms with van der Waals surface area (Å²) >= 11 is 0. The van der Waals surface area contributed by atoms with Crippen LogP contribution in [0.2, 0.25) is 0 Å². The fourth-order valence-corrected chi connectivity index (χ4v) is 2.42. The Morgan fingerprint density at radius 3 is 2.59 bits per heavy atom. The second-order valence-electron chi connectivity index (χ2n) is 3.15. The van der Waals surface area contributed by atoms with Gasteiger partial charge in [-0.25, -0.2) is 0 Å². The standard InChI is InChI=1S/C7H9NO7P2/c9-7(15-16(10)11,17(12,13)14)4-6-2-1-3-8-5-6/h1-3,5,9H,4H2,(H2-,10,11,12,13,14)/p+1. The maximum Gasteiger partial charge on any atom is 0.698 e. The molecule has 1 aromatic rings. The Bertz CT molecular complexity index is 447. The zero-order valence-electron chi connectivity index (χ0n) is 8.37. The molecule has 0 aliphatic heterocycles. The third-order valence-electron chi connectivity index (χ3n) is 1.84.